The van der Waals surface area contributed by atoms with Gasteiger partial charge in [-0.05, 0) is 25.4 Å². The molecule has 1 amide bonds. The Morgan fingerprint density at radius 1 is 1.71 bits per heavy atom. The predicted octanol–water partition coefficient (Wildman–Crippen LogP) is 0.152. The summed E-state index contributed by atoms with van der Waals surface area (Å²) < 4.78 is 3.73. The number of nitrogens with zero attached hydrogens (tertiary/aromatic N) is 2. The summed E-state index contributed by atoms with van der Waals surface area (Å²) in [5.74, 6) is 0.00990. The first-order valence-corrected chi connectivity index (χ1v) is 5.34. The Balaban J connectivity index is 2.27. The van der Waals surface area contributed by atoms with E-state index >= 15 is 0 Å². The molecular weight excluding hydrogens is 200 g/mol. The highest BCUT2D eigenvalue weighted by Crippen LogP contribution is 1.96. The fourth-order valence-electron chi connectivity index (χ4n) is 0.939. The maximum atomic E-state index is 11.3. The van der Waals surface area contributed by atoms with Crippen molar-refractivity contribution in [2.45, 2.75) is 26.4 Å². The van der Waals surface area contributed by atoms with E-state index in [1.54, 1.807) is 0 Å². The van der Waals surface area contributed by atoms with Gasteiger partial charge >= 0.3 is 0 Å². The van der Waals surface area contributed by atoms with Crippen molar-refractivity contribution in [1.82, 2.24) is 20.2 Å². The van der Waals surface area contributed by atoms with E-state index < -0.39 is 0 Å². The summed E-state index contributed by atoms with van der Waals surface area (Å²) >= 11 is 1.31. The maximum absolute atomic E-state index is 11.3. The van der Waals surface area contributed by atoms with Crippen LogP contribution < -0.4 is 10.6 Å². The van der Waals surface area contributed by atoms with E-state index in [4.69, 9.17) is 0 Å². The van der Waals surface area contributed by atoms with E-state index in [-0.39, 0.29) is 11.9 Å². The van der Waals surface area contributed by atoms with Gasteiger partial charge in [0.15, 0.2) is 0 Å². The average Bonchev–Trinajstić information content (AvgIpc) is 2.67. The molecule has 1 unspecified atom stereocenters. The first-order valence-electron chi connectivity index (χ1n) is 4.51. The zero-order chi connectivity index (χ0) is 10.4. The van der Waals surface area contributed by atoms with Gasteiger partial charge in [-0.3, -0.25) is 4.79 Å². The van der Waals surface area contributed by atoms with Crippen LogP contribution in [0, 0.1) is 0 Å². The first kappa shape index (κ1) is 11.1. The molecular formula is C8H14N4OS. The molecule has 0 aromatic carbocycles. The van der Waals surface area contributed by atoms with Gasteiger partial charge in [-0.15, -0.1) is 5.10 Å². The van der Waals surface area contributed by atoms with Crippen molar-refractivity contribution in [1.29, 1.82) is 0 Å². The molecule has 1 rings (SSSR count). The minimum Gasteiger partial charge on any atom is -0.355 e. The Bertz CT molecular complexity index is 275. The fraction of sp³-hybridized carbons (Fsp3) is 0.625. The minimum atomic E-state index is -0.198. The van der Waals surface area contributed by atoms with Gasteiger partial charge in [0.1, 0.15) is 0 Å². The second-order valence-electron chi connectivity index (χ2n) is 2.89. The van der Waals surface area contributed by atoms with Crippen molar-refractivity contribution in [2.75, 3.05) is 6.54 Å². The zero-order valence-corrected chi connectivity index (χ0v) is 9.10. The third kappa shape index (κ3) is 3.39. The Hall–Kier alpha value is -1.01. The van der Waals surface area contributed by atoms with Gasteiger partial charge in [0.05, 0.1) is 11.7 Å². The lowest BCUT2D eigenvalue weighted by atomic mass is 10.3. The van der Waals surface area contributed by atoms with Crippen LogP contribution in [0.3, 0.4) is 0 Å². The Morgan fingerprint density at radius 2 is 2.50 bits per heavy atom. The van der Waals surface area contributed by atoms with Crippen LogP contribution in [0.15, 0.2) is 5.38 Å². The molecule has 1 atom stereocenters. The van der Waals surface area contributed by atoms with Crippen LogP contribution >= 0.6 is 11.5 Å². The van der Waals surface area contributed by atoms with E-state index in [2.05, 4.69) is 20.2 Å². The number of likely N-dealkylation sites (N-methyl/N-ethyl adjacent to an activating group) is 1. The molecule has 0 aliphatic heterocycles. The zero-order valence-electron chi connectivity index (χ0n) is 8.28. The van der Waals surface area contributed by atoms with E-state index in [9.17, 15) is 4.79 Å². The summed E-state index contributed by atoms with van der Waals surface area (Å²) in [5.41, 5.74) is 0.867. The van der Waals surface area contributed by atoms with Crippen molar-refractivity contribution in [2.24, 2.45) is 0 Å². The molecule has 0 saturated carbocycles. The van der Waals surface area contributed by atoms with Gasteiger partial charge in [0.2, 0.25) is 5.91 Å². The highest BCUT2D eigenvalue weighted by atomic mass is 32.1. The number of hydrogen-bond acceptors (Lipinski definition) is 5. The Kier molecular flexibility index (Phi) is 4.48. The van der Waals surface area contributed by atoms with E-state index in [1.165, 1.54) is 11.5 Å². The maximum Gasteiger partial charge on any atom is 0.236 e. The van der Waals surface area contributed by atoms with Crippen LogP contribution in [-0.4, -0.2) is 28.1 Å². The van der Waals surface area contributed by atoms with Gasteiger partial charge in [0.25, 0.3) is 0 Å². The van der Waals surface area contributed by atoms with Gasteiger partial charge in [-0.1, -0.05) is 4.49 Å². The van der Waals surface area contributed by atoms with Crippen LogP contribution in [0.2, 0.25) is 0 Å². The smallest absolute Gasteiger partial charge is 0.236 e. The molecule has 2 N–H and O–H groups in total. The number of amides is 1. The normalized spacial score (nSPS) is 12.4. The van der Waals surface area contributed by atoms with Gasteiger partial charge in [-0.2, -0.15) is 0 Å². The predicted molar refractivity (Wildman–Crippen MR) is 54.9 cm³/mol. The topological polar surface area (TPSA) is 66.9 Å². The van der Waals surface area contributed by atoms with E-state index in [0.717, 1.165) is 5.69 Å². The Labute approximate surface area is 87.1 Å². The first-order chi connectivity index (χ1) is 6.74. The third-order valence-corrected chi connectivity index (χ3v) is 2.29. The van der Waals surface area contributed by atoms with Gasteiger partial charge in [0, 0.05) is 18.5 Å². The summed E-state index contributed by atoms with van der Waals surface area (Å²) in [6.45, 7) is 4.96. The summed E-state index contributed by atoms with van der Waals surface area (Å²) in [4.78, 5) is 11.3. The molecule has 14 heavy (non-hydrogen) atoms. The standard InChI is InChI=1S/C8H14N4OS/c1-3-9-8(13)6(2)10-4-7-5-14-12-11-7/h5-6,10H,3-4H2,1-2H3,(H,9,13). The molecule has 0 bridgehead atoms. The lowest BCUT2D eigenvalue weighted by molar-refractivity contribution is -0.122. The molecule has 0 spiro atoms. The molecule has 1 aromatic heterocycles. The van der Waals surface area contributed by atoms with Crippen molar-refractivity contribution in [3.8, 4) is 0 Å². The number of rotatable bonds is 5. The lowest BCUT2D eigenvalue weighted by Gasteiger charge is -2.11. The second-order valence-corrected chi connectivity index (χ2v) is 3.50. The van der Waals surface area contributed by atoms with Crippen molar-refractivity contribution >= 4 is 17.4 Å². The molecule has 0 fully saturated rings. The molecule has 0 saturated heterocycles. The van der Waals surface area contributed by atoms with E-state index in [1.807, 2.05) is 19.2 Å². The molecule has 0 aliphatic rings. The molecule has 6 heteroatoms. The van der Waals surface area contributed by atoms with Crippen molar-refractivity contribution < 1.29 is 4.79 Å². The number of aromatic nitrogens is 2. The van der Waals surface area contributed by atoms with Crippen LogP contribution in [0.25, 0.3) is 0 Å². The lowest BCUT2D eigenvalue weighted by Crippen LogP contribution is -2.41. The van der Waals surface area contributed by atoms with Crippen LogP contribution in [0.5, 0.6) is 0 Å². The Morgan fingerprint density at radius 3 is 3.07 bits per heavy atom. The fourth-order valence-corrected chi connectivity index (χ4v) is 1.39. The highest BCUT2D eigenvalue weighted by molar-refractivity contribution is 7.03. The molecule has 1 heterocycles. The largest absolute Gasteiger partial charge is 0.355 e. The van der Waals surface area contributed by atoms with Gasteiger partial charge < -0.3 is 10.6 Å². The average molecular weight is 214 g/mol. The molecule has 0 aliphatic carbocycles. The molecule has 1 aromatic rings. The summed E-state index contributed by atoms with van der Waals surface area (Å²) in [5, 5.41) is 11.5. The summed E-state index contributed by atoms with van der Waals surface area (Å²) in [7, 11) is 0. The molecule has 5 nitrogen and oxygen atoms in total. The molecule has 78 valence electrons. The monoisotopic (exact) mass is 214 g/mol. The second kappa shape index (κ2) is 5.66. The quantitative estimate of drug-likeness (QED) is 0.732. The number of carbonyl (C=O) groups excluding carboxylic acids is 1. The third-order valence-electron chi connectivity index (χ3n) is 1.74. The number of nitrogens with one attached hydrogen (secondary N) is 2. The summed E-state index contributed by atoms with van der Waals surface area (Å²) in [6.07, 6.45) is 0. The SMILES string of the molecule is CCNC(=O)C(C)NCc1csnn1. The molecule has 0 radical (unpaired) electrons. The number of carbonyl (C=O) groups is 1. The van der Waals surface area contributed by atoms with Crippen LogP contribution in [-0.2, 0) is 11.3 Å². The minimum absolute atomic E-state index is 0.00990. The highest BCUT2D eigenvalue weighted by Gasteiger charge is 2.10. The van der Waals surface area contributed by atoms with E-state index in [0.29, 0.717) is 13.1 Å². The number of hydrogen-bond donors (Lipinski definition) is 2. The van der Waals surface area contributed by atoms with Crippen LogP contribution in [0.4, 0.5) is 0 Å². The van der Waals surface area contributed by atoms with Crippen molar-refractivity contribution in [3.63, 3.8) is 0 Å². The van der Waals surface area contributed by atoms with Crippen LogP contribution in [0.1, 0.15) is 19.5 Å². The summed E-state index contributed by atoms with van der Waals surface area (Å²) in [6, 6.07) is -0.198. The van der Waals surface area contributed by atoms with Gasteiger partial charge in [-0.25, -0.2) is 0 Å². The van der Waals surface area contributed by atoms with Crippen molar-refractivity contribution in [3.05, 3.63) is 11.1 Å².